The summed E-state index contributed by atoms with van der Waals surface area (Å²) in [6.45, 7) is 0. The molecule has 1 aromatic carbocycles. The Labute approximate surface area is 80.9 Å². The number of rotatable bonds is 1. The van der Waals surface area contributed by atoms with Crippen LogP contribution >= 0.6 is 11.3 Å². The number of hydrogen-bond acceptors (Lipinski definition) is 2. The zero-order valence-corrected chi connectivity index (χ0v) is 7.64. The van der Waals surface area contributed by atoms with Gasteiger partial charge in [-0.05, 0) is 29.8 Å². The van der Waals surface area contributed by atoms with Crippen molar-refractivity contribution in [2.45, 2.75) is 0 Å². The van der Waals surface area contributed by atoms with E-state index < -0.39 is 0 Å². The summed E-state index contributed by atoms with van der Waals surface area (Å²) in [5.74, 6) is 0. The summed E-state index contributed by atoms with van der Waals surface area (Å²) in [7, 11) is 0. The predicted octanol–water partition coefficient (Wildman–Crippen LogP) is 3.09. The number of benzene rings is 1. The lowest BCUT2D eigenvalue weighted by atomic mass is 10.1. The maximum Gasteiger partial charge on any atom is 0.0991 e. The Hall–Kier alpha value is -1.59. The SMILES string of the molecule is N#Cc1ccc(-c2cc[c]s2)cc1. The van der Waals surface area contributed by atoms with Crippen molar-refractivity contribution >= 4 is 11.3 Å². The topological polar surface area (TPSA) is 23.8 Å². The van der Waals surface area contributed by atoms with Gasteiger partial charge in [-0.2, -0.15) is 5.26 Å². The highest BCUT2D eigenvalue weighted by Gasteiger charge is 1.97. The maximum atomic E-state index is 8.61. The third-order valence-electron chi connectivity index (χ3n) is 1.77. The number of thiophene rings is 1. The monoisotopic (exact) mass is 184 g/mol. The van der Waals surface area contributed by atoms with Gasteiger partial charge in [-0.1, -0.05) is 12.1 Å². The fraction of sp³-hybridized carbons (Fsp3) is 0. The van der Waals surface area contributed by atoms with Crippen molar-refractivity contribution in [3.63, 3.8) is 0 Å². The lowest BCUT2D eigenvalue weighted by molar-refractivity contribution is 1.49. The molecule has 2 rings (SSSR count). The van der Waals surface area contributed by atoms with Crippen LogP contribution < -0.4 is 0 Å². The average molecular weight is 184 g/mol. The Bertz CT molecular complexity index is 420. The van der Waals surface area contributed by atoms with Gasteiger partial charge in [-0.3, -0.25) is 0 Å². The molecule has 0 aliphatic rings. The molecule has 0 saturated heterocycles. The Morgan fingerprint density at radius 1 is 1.15 bits per heavy atom. The van der Waals surface area contributed by atoms with Gasteiger partial charge in [0.2, 0.25) is 0 Å². The van der Waals surface area contributed by atoms with Gasteiger partial charge in [0.05, 0.1) is 11.6 Å². The first-order valence-electron chi connectivity index (χ1n) is 3.86. The molecule has 0 N–H and O–H groups in total. The van der Waals surface area contributed by atoms with Crippen LogP contribution in [0.15, 0.2) is 36.4 Å². The van der Waals surface area contributed by atoms with Gasteiger partial charge in [-0.25, -0.2) is 0 Å². The second-order valence-electron chi connectivity index (χ2n) is 2.61. The standard InChI is InChI=1S/C11H6NS/c12-8-9-3-5-10(6-4-9)11-2-1-7-13-11/h1-6H. The molecular formula is C11H6NS. The van der Waals surface area contributed by atoms with Gasteiger partial charge >= 0.3 is 0 Å². The summed E-state index contributed by atoms with van der Waals surface area (Å²) >= 11 is 1.58. The van der Waals surface area contributed by atoms with E-state index in [1.165, 1.54) is 4.88 Å². The molecule has 0 unspecified atom stereocenters. The summed E-state index contributed by atoms with van der Waals surface area (Å²) < 4.78 is 0. The average Bonchev–Trinajstić information content (AvgIpc) is 2.71. The number of nitriles is 1. The molecule has 2 heteroatoms. The van der Waals surface area contributed by atoms with E-state index >= 15 is 0 Å². The summed E-state index contributed by atoms with van der Waals surface area (Å²) in [6.07, 6.45) is 0. The van der Waals surface area contributed by atoms with Gasteiger partial charge in [0.25, 0.3) is 0 Å². The predicted molar refractivity (Wildman–Crippen MR) is 53.3 cm³/mol. The summed E-state index contributed by atoms with van der Waals surface area (Å²) in [5, 5.41) is 11.6. The van der Waals surface area contributed by atoms with Crippen LogP contribution in [0.1, 0.15) is 5.56 Å². The molecule has 0 aliphatic heterocycles. The molecule has 1 nitrogen and oxygen atoms in total. The molecule has 0 aliphatic carbocycles. The van der Waals surface area contributed by atoms with E-state index in [1.807, 2.05) is 36.4 Å². The highest BCUT2D eigenvalue weighted by atomic mass is 32.1. The van der Waals surface area contributed by atoms with Gasteiger partial charge in [-0.15, -0.1) is 11.3 Å². The van der Waals surface area contributed by atoms with Crippen molar-refractivity contribution < 1.29 is 0 Å². The second-order valence-corrected chi connectivity index (χ2v) is 3.49. The molecule has 2 aromatic rings. The molecule has 0 atom stereocenters. The number of nitrogens with zero attached hydrogens (tertiary/aromatic N) is 1. The van der Waals surface area contributed by atoms with E-state index in [2.05, 4.69) is 11.4 Å². The summed E-state index contributed by atoms with van der Waals surface area (Å²) in [6, 6.07) is 13.6. The zero-order valence-electron chi connectivity index (χ0n) is 6.82. The van der Waals surface area contributed by atoms with E-state index in [1.54, 1.807) is 11.3 Å². The second kappa shape index (κ2) is 3.42. The van der Waals surface area contributed by atoms with Crippen LogP contribution in [0.25, 0.3) is 10.4 Å². The van der Waals surface area contributed by atoms with Crippen molar-refractivity contribution in [3.05, 3.63) is 47.3 Å². The molecule has 0 fully saturated rings. The Kier molecular flexibility index (Phi) is 2.11. The van der Waals surface area contributed by atoms with E-state index in [0.29, 0.717) is 5.56 Å². The third kappa shape index (κ3) is 1.61. The zero-order chi connectivity index (χ0) is 9.10. The first kappa shape index (κ1) is 8.03. The van der Waals surface area contributed by atoms with Gasteiger partial charge in [0, 0.05) is 10.3 Å². The van der Waals surface area contributed by atoms with Crippen LogP contribution in [0.2, 0.25) is 0 Å². The van der Waals surface area contributed by atoms with Gasteiger partial charge < -0.3 is 0 Å². The fourth-order valence-electron chi connectivity index (χ4n) is 1.11. The lowest BCUT2D eigenvalue weighted by Crippen LogP contribution is -1.74. The van der Waals surface area contributed by atoms with Gasteiger partial charge in [0.15, 0.2) is 0 Å². The smallest absolute Gasteiger partial charge is 0.0991 e. The quantitative estimate of drug-likeness (QED) is 0.668. The first-order valence-corrected chi connectivity index (χ1v) is 4.68. The minimum Gasteiger partial charge on any atom is -0.192 e. The Morgan fingerprint density at radius 3 is 2.46 bits per heavy atom. The minimum atomic E-state index is 0.698. The molecule has 13 heavy (non-hydrogen) atoms. The van der Waals surface area contributed by atoms with Crippen molar-refractivity contribution in [1.29, 1.82) is 5.26 Å². The number of hydrogen-bond donors (Lipinski definition) is 0. The molecule has 0 saturated carbocycles. The molecule has 0 amide bonds. The molecule has 1 aromatic heterocycles. The van der Waals surface area contributed by atoms with E-state index in [4.69, 9.17) is 5.26 Å². The highest BCUT2D eigenvalue weighted by molar-refractivity contribution is 7.13. The summed E-state index contributed by atoms with van der Waals surface area (Å²) in [5.41, 5.74) is 1.84. The van der Waals surface area contributed by atoms with Crippen LogP contribution in [0, 0.1) is 16.7 Å². The largest absolute Gasteiger partial charge is 0.192 e. The van der Waals surface area contributed by atoms with Crippen LogP contribution in [0.5, 0.6) is 0 Å². The van der Waals surface area contributed by atoms with Crippen LogP contribution in [-0.4, -0.2) is 0 Å². The molecule has 1 heterocycles. The van der Waals surface area contributed by atoms with E-state index in [-0.39, 0.29) is 0 Å². The molecule has 1 radical (unpaired) electrons. The van der Waals surface area contributed by atoms with Crippen molar-refractivity contribution in [1.82, 2.24) is 0 Å². The Balaban J connectivity index is 2.40. The molecule has 0 spiro atoms. The summed E-state index contributed by atoms with van der Waals surface area (Å²) in [4.78, 5) is 1.18. The Morgan fingerprint density at radius 2 is 1.92 bits per heavy atom. The highest BCUT2D eigenvalue weighted by Crippen LogP contribution is 2.23. The first-order chi connectivity index (χ1) is 6.40. The lowest BCUT2D eigenvalue weighted by Gasteiger charge is -1.95. The van der Waals surface area contributed by atoms with Crippen molar-refractivity contribution in [3.8, 4) is 16.5 Å². The van der Waals surface area contributed by atoms with Crippen molar-refractivity contribution in [2.75, 3.05) is 0 Å². The molecular weight excluding hydrogens is 178 g/mol. The van der Waals surface area contributed by atoms with E-state index in [9.17, 15) is 0 Å². The third-order valence-corrected chi connectivity index (χ3v) is 2.62. The van der Waals surface area contributed by atoms with Gasteiger partial charge in [0.1, 0.15) is 0 Å². The van der Waals surface area contributed by atoms with E-state index in [0.717, 1.165) is 5.56 Å². The van der Waals surface area contributed by atoms with Crippen molar-refractivity contribution in [2.24, 2.45) is 0 Å². The minimum absolute atomic E-state index is 0.698. The fourth-order valence-corrected chi connectivity index (χ4v) is 1.76. The maximum absolute atomic E-state index is 8.61. The van der Waals surface area contributed by atoms with Crippen LogP contribution in [0.3, 0.4) is 0 Å². The van der Waals surface area contributed by atoms with Crippen LogP contribution in [0.4, 0.5) is 0 Å². The molecule has 0 bridgehead atoms. The normalized spacial score (nSPS) is 9.46. The van der Waals surface area contributed by atoms with Crippen LogP contribution in [-0.2, 0) is 0 Å². The molecule has 61 valence electrons.